The first kappa shape index (κ1) is 16.3. The fraction of sp³-hybridized carbons (Fsp3) is 0.733. The predicted octanol–water partition coefficient (Wildman–Crippen LogP) is 4.64. The highest BCUT2D eigenvalue weighted by Gasteiger charge is 2.16. The summed E-state index contributed by atoms with van der Waals surface area (Å²) < 4.78 is 1.18. The summed E-state index contributed by atoms with van der Waals surface area (Å²) in [6.07, 6.45) is 7.93. The third kappa shape index (κ3) is 4.48. The van der Waals surface area contributed by atoms with Gasteiger partial charge >= 0.3 is 0 Å². The molecule has 1 aromatic rings. The fourth-order valence-corrected chi connectivity index (χ4v) is 4.55. The maximum Gasteiger partial charge on any atom is 0.143 e. The minimum Gasteiger partial charge on any atom is -0.369 e. The quantitative estimate of drug-likeness (QED) is 0.700. The molecule has 0 aromatic carbocycles. The molecule has 1 aromatic heterocycles. The number of aryl methyl sites for hydroxylation is 1. The topological polar surface area (TPSA) is 37.8 Å². The Balaban J connectivity index is 2.04. The van der Waals surface area contributed by atoms with E-state index in [1.54, 1.807) is 0 Å². The van der Waals surface area contributed by atoms with E-state index in [0.29, 0.717) is 0 Å². The molecule has 1 saturated carbocycles. The van der Waals surface area contributed by atoms with Crippen LogP contribution in [0.1, 0.15) is 57.5 Å². The minimum atomic E-state index is 0.819. The molecule has 5 heteroatoms. The van der Waals surface area contributed by atoms with Gasteiger partial charge in [-0.05, 0) is 48.8 Å². The van der Waals surface area contributed by atoms with Crippen LogP contribution in [0.4, 0.5) is 5.82 Å². The first-order valence-electron chi connectivity index (χ1n) is 7.65. The molecule has 1 aliphatic rings. The van der Waals surface area contributed by atoms with Crippen molar-refractivity contribution in [3.8, 4) is 0 Å². The van der Waals surface area contributed by atoms with Gasteiger partial charge in [-0.1, -0.05) is 26.2 Å². The number of rotatable bonds is 6. The molecule has 3 nitrogen and oxygen atoms in total. The molecule has 1 aliphatic carbocycles. The molecule has 1 heterocycles. The zero-order chi connectivity index (χ0) is 14.4. The van der Waals surface area contributed by atoms with E-state index in [1.807, 2.05) is 11.8 Å². The third-order valence-corrected chi connectivity index (χ3v) is 6.15. The number of nitrogens with one attached hydrogen (secondary N) is 1. The second kappa shape index (κ2) is 8.41. The van der Waals surface area contributed by atoms with E-state index in [2.05, 4.69) is 41.8 Å². The lowest BCUT2D eigenvalue weighted by molar-refractivity contribution is 0.516. The Morgan fingerprint density at radius 1 is 1.20 bits per heavy atom. The third-order valence-electron chi connectivity index (χ3n) is 3.65. The predicted molar refractivity (Wildman–Crippen MR) is 96.5 cm³/mol. The van der Waals surface area contributed by atoms with Crippen LogP contribution in [-0.4, -0.2) is 21.8 Å². The summed E-state index contributed by atoms with van der Waals surface area (Å²) in [5.41, 5.74) is 1.18. The largest absolute Gasteiger partial charge is 0.369 e. The van der Waals surface area contributed by atoms with Crippen LogP contribution in [0.2, 0.25) is 0 Å². The van der Waals surface area contributed by atoms with E-state index in [-0.39, 0.29) is 0 Å². The van der Waals surface area contributed by atoms with Crippen LogP contribution in [0.5, 0.6) is 0 Å². The van der Waals surface area contributed by atoms with Crippen LogP contribution in [0.15, 0.2) is 0 Å². The molecular formula is C15H24IN3S. The van der Waals surface area contributed by atoms with Crippen LogP contribution in [-0.2, 0) is 12.2 Å². The van der Waals surface area contributed by atoms with Crippen molar-refractivity contribution in [2.75, 3.05) is 11.9 Å². The standard InChI is InChI=1S/C15H24IN3S/c1-3-12-14(16)15(17-4-2)19-13(18-12)10-20-11-8-6-5-7-9-11/h11H,3-10H2,1-2H3,(H,17,18,19). The van der Waals surface area contributed by atoms with Gasteiger partial charge < -0.3 is 5.32 Å². The SMILES string of the molecule is CCNc1nc(CSC2CCCCC2)nc(CC)c1I. The van der Waals surface area contributed by atoms with Crippen molar-refractivity contribution in [3.05, 3.63) is 15.1 Å². The van der Waals surface area contributed by atoms with Gasteiger partial charge in [-0.3, -0.25) is 0 Å². The lowest BCUT2D eigenvalue weighted by atomic mass is 10.0. The first-order valence-corrected chi connectivity index (χ1v) is 9.78. The fourth-order valence-electron chi connectivity index (χ4n) is 2.55. The number of halogens is 1. The summed E-state index contributed by atoms with van der Waals surface area (Å²) in [5.74, 6) is 2.96. The molecule has 1 N–H and O–H groups in total. The number of nitrogens with zero attached hydrogens (tertiary/aromatic N) is 2. The average Bonchev–Trinajstić information content (AvgIpc) is 2.49. The zero-order valence-corrected chi connectivity index (χ0v) is 15.4. The summed E-state index contributed by atoms with van der Waals surface area (Å²) >= 11 is 4.41. The van der Waals surface area contributed by atoms with Gasteiger partial charge in [0.05, 0.1) is 15.0 Å². The molecule has 112 valence electrons. The van der Waals surface area contributed by atoms with Crippen molar-refractivity contribution in [1.82, 2.24) is 9.97 Å². The molecular weight excluding hydrogens is 381 g/mol. The Labute approximate surface area is 140 Å². The van der Waals surface area contributed by atoms with E-state index < -0.39 is 0 Å². The summed E-state index contributed by atoms with van der Waals surface area (Å²) in [4.78, 5) is 9.44. The van der Waals surface area contributed by atoms with Gasteiger partial charge in [0.1, 0.15) is 11.6 Å². The molecule has 20 heavy (non-hydrogen) atoms. The van der Waals surface area contributed by atoms with Crippen LogP contribution >= 0.6 is 34.4 Å². The maximum absolute atomic E-state index is 4.74. The maximum atomic E-state index is 4.74. The van der Waals surface area contributed by atoms with Crippen molar-refractivity contribution in [2.45, 2.75) is 63.4 Å². The lowest BCUT2D eigenvalue weighted by Crippen LogP contribution is -2.11. The van der Waals surface area contributed by atoms with Gasteiger partial charge in [0.2, 0.25) is 0 Å². The summed E-state index contributed by atoms with van der Waals surface area (Å²) in [6, 6.07) is 0. The van der Waals surface area contributed by atoms with Crippen molar-refractivity contribution in [2.24, 2.45) is 0 Å². The molecule has 0 spiro atoms. The molecule has 0 aliphatic heterocycles. The number of hydrogen-bond donors (Lipinski definition) is 1. The molecule has 0 unspecified atom stereocenters. The number of aromatic nitrogens is 2. The van der Waals surface area contributed by atoms with Gasteiger partial charge in [0.15, 0.2) is 0 Å². The minimum absolute atomic E-state index is 0.819. The molecule has 0 amide bonds. The Hall–Kier alpha value is -0.0400. The van der Waals surface area contributed by atoms with Crippen molar-refractivity contribution >= 4 is 40.2 Å². The van der Waals surface area contributed by atoms with Crippen LogP contribution in [0, 0.1) is 3.57 Å². The summed E-state index contributed by atoms with van der Waals surface area (Å²) in [6.45, 7) is 5.18. The molecule has 2 rings (SSSR count). The normalized spacial score (nSPS) is 16.4. The first-order chi connectivity index (χ1) is 9.74. The van der Waals surface area contributed by atoms with E-state index in [9.17, 15) is 0 Å². The Morgan fingerprint density at radius 2 is 1.95 bits per heavy atom. The van der Waals surface area contributed by atoms with Gasteiger partial charge in [-0.2, -0.15) is 11.8 Å². The van der Waals surface area contributed by atoms with Crippen molar-refractivity contribution < 1.29 is 0 Å². The van der Waals surface area contributed by atoms with Gasteiger partial charge in [0.25, 0.3) is 0 Å². The monoisotopic (exact) mass is 405 g/mol. The van der Waals surface area contributed by atoms with E-state index >= 15 is 0 Å². The second-order valence-corrected chi connectivity index (χ2v) is 7.57. The van der Waals surface area contributed by atoms with Gasteiger partial charge in [0, 0.05) is 11.8 Å². The second-order valence-electron chi connectivity index (χ2n) is 5.20. The highest BCUT2D eigenvalue weighted by molar-refractivity contribution is 14.1. The molecule has 0 bridgehead atoms. The van der Waals surface area contributed by atoms with E-state index in [0.717, 1.165) is 35.6 Å². The van der Waals surface area contributed by atoms with Crippen molar-refractivity contribution in [3.63, 3.8) is 0 Å². The van der Waals surface area contributed by atoms with Crippen LogP contribution < -0.4 is 5.32 Å². The Morgan fingerprint density at radius 3 is 2.60 bits per heavy atom. The van der Waals surface area contributed by atoms with E-state index in [1.165, 1.54) is 41.4 Å². The van der Waals surface area contributed by atoms with E-state index in [4.69, 9.17) is 9.97 Å². The summed E-state index contributed by atoms with van der Waals surface area (Å²) in [5, 5.41) is 4.18. The Bertz CT molecular complexity index is 433. The number of hydrogen-bond acceptors (Lipinski definition) is 4. The smallest absolute Gasteiger partial charge is 0.143 e. The Kier molecular flexibility index (Phi) is 6.87. The van der Waals surface area contributed by atoms with Gasteiger partial charge in [-0.25, -0.2) is 9.97 Å². The van der Waals surface area contributed by atoms with Crippen LogP contribution in [0.3, 0.4) is 0 Å². The van der Waals surface area contributed by atoms with Gasteiger partial charge in [-0.15, -0.1) is 0 Å². The highest BCUT2D eigenvalue weighted by Crippen LogP contribution is 2.30. The highest BCUT2D eigenvalue weighted by atomic mass is 127. The van der Waals surface area contributed by atoms with Crippen molar-refractivity contribution in [1.29, 1.82) is 0 Å². The average molecular weight is 405 g/mol. The molecule has 0 saturated heterocycles. The lowest BCUT2D eigenvalue weighted by Gasteiger charge is -2.20. The molecule has 0 radical (unpaired) electrons. The van der Waals surface area contributed by atoms with Crippen LogP contribution in [0.25, 0.3) is 0 Å². The molecule has 1 fully saturated rings. The number of anilines is 1. The molecule has 0 atom stereocenters. The zero-order valence-electron chi connectivity index (χ0n) is 12.4. The number of thioether (sulfide) groups is 1. The summed E-state index contributed by atoms with van der Waals surface area (Å²) in [7, 11) is 0.